The topological polar surface area (TPSA) is 80.1 Å². The third-order valence-electron chi connectivity index (χ3n) is 3.16. The smallest absolute Gasteiger partial charge is 0.245 e. The maximum atomic E-state index is 12.2. The molecule has 7 nitrogen and oxygen atoms in total. The summed E-state index contributed by atoms with van der Waals surface area (Å²) in [6.45, 7) is 3.93. The van der Waals surface area contributed by atoms with E-state index in [9.17, 15) is 9.59 Å². The van der Waals surface area contributed by atoms with E-state index in [4.69, 9.17) is 0 Å². The minimum atomic E-state index is -0.490. The summed E-state index contributed by atoms with van der Waals surface area (Å²) in [6.07, 6.45) is 1.77. The van der Waals surface area contributed by atoms with Gasteiger partial charge in [0, 0.05) is 19.5 Å². The highest BCUT2D eigenvalue weighted by molar-refractivity contribution is 5.90. The molecule has 1 N–H and O–H groups in total. The van der Waals surface area contributed by atoms with Crippen LogP contribution in [0.15, 0.2) is 6.33 Å². The molecule has 2 rings (SSSR count). The van der Waals surface area contributed by atoms with Crippen molar-refractivity contribution >= 4 is 11.8 Å². The number of carbonyl (C=O) groups is 2. The Hall–Kier alpha value is -1.92. The van der Waals surface area contributed by atoms with Crippen molar-refractivity contribution in [2.45, 2.75) is 38.9 Å². The number of aromatic nitrogens is 3. The molecule has 7 heteroatoms. The normalized spacial score (nSPS) is 24.9. The Morgan fingerprint density at radius 3 is 2.78 bits per heavy atom. The molecule has 0 aliphatic carbocycles. The van der Waals surface area contributed by atoms with E-state index < -0.39 is 6.04 Å². The monoisotopic (exact) mass is 251 g/mol. The van der Waals surface area contributed by atoms with Crippen molar-refractivity contribution in [2.24, 2.45) is 7.05 Å². The second-order valence-electron chi connectivity index (χ2n) is 4.61. The van der Waals surface area contributed by atoms with E-state index in [1.165, 1.54) is 6.33 Å². The molecule has 1 saturated heterocycles. The Kier molecular flexibility index (Phi) is 3.31. The SMILES string of the molecule is CC1NC(=O)CC(C)N(Cc2ncnn2C)C1=O. The Bertz CT molecular complexity index is 470. The summed E-state index contributed by atoms with van der Waals surface area (Å²) in [4.78, 5) is 29.5. The maximum absolute atomic E-state index is 12.2. The lowest BCUT2D eigenvalue weighted by molar-refractivity contribution is -0.135. The summed E-state index contributed by atoms with van der Waals surface area (Å²) in [5.74, 6) is 0.525. The van der Waals surface area contributed by atoms with Crippen LogP contribution in [0.1, 0.15) is 26.1 Å². The number of aryl methyl sites for hydroxylation is 1. The van der Waals surface area contributed by atoms with Crippen molar-refractivity contribution in [1.82, 2.24) is 25.0 Å². The van der Waals surface area contributed by atoms with Gasteiger partial charge in [0.1, 0.15) is 18.2 Å². The molecule has 1 aliphatic rings. The fraction of sp³-hybridized carbons (Fsp3) is 0.636. The van der Waals surface area contributed by atoms with Gasteiger partial charge in [-0.15, -0.1) is 0 Å². The van der Waals surface area contributed by atoms with E-state index in [1.54, 1.807) is 23.6 Å². The zero-order chi connectivity index (χ0) is 13.3. The molecule has 18 heavy (non-hydrogen) atoms. The number of carbonyl (C=O) groups excluding carboxylic acids is 2. The second-order valence-corrected chi connectivity index (χ2v) is 4.61. The molecule has 0 spiro atoms. The van der Waals surface area contributed by atoms with Gasteiger partial charge in [0.2, 0.25) is 11.8 Å². The van der Waals surface area contributed by atoms with Crippen LogP contribution in [0, 0.1) is 0 Å². The van der Waals surface area contributed by atoms with Crippen LogP contribution in [-0.2, 0) is 23.2 Å². The minimum absolute atomic E-state index is 0.0867. The Balaban J connectivity index is 2.21. The molecule has 1 fully saturated rings. The van der Waals surface area contributed by atoms with Crippen molar-refractivity contribution in [3.8, 4) is 0 Å². The molecule has 1 aliphatic heterocycles. The zero-order valence-corrected chi connectivity index (χ0v) is 10.8. The minimum Gasteiger partial charge on any atom is -0.345 e. The number of rotatable bonds is 2. The maximum Gasteiger partial charge on any atom is 0.245 e. The molecule has 2 unspecified atom stereocenters. The van der Waals surface area contributed by atoms with Gasteiger partial charge >= 0.3 is 0 Å². The molecule has 98 valence electrons. The first-order chi connectivity index (χ1) is 8.49. The fourth-order valence-corrected chi connectivity index (χ4v) is 2.06. The zero-order valence-electron chi connectivity index (χ0n) is 10.8. The van der Waals surface area contributed by atoms with Gasteiger partial charge in [0.05, 0.1) is 6.54 Å². The van der Waals surface area contributed by atoms with Crippen LogP contribution >= 0.6 is 0 Å². The van der Waals surface area contributed by atoms with Crippen LogP contribution in [0.25, 0.3) is 0 Å². The Morgan fingerprint density at radius 2 is 2.17 bits per heavy atom. The van der Waals surface area contributed by atoms with E-state index in [2.05, 4.69) is 15.4 Å². The molecule has 0 bridgehead atoms. The van der Waals surface area contributed by atoms with E-state index in [-0.39, 0.29) is 17.9 Å². The number of hydrogen-bond acceptors (Lipinski definition) is 4. The molecular formula is C11H17N5O2. The lowest BCUT2D eigenvalue weighted by Gasteiger charge is -2.27. The third-order valence-corrected chi connectivity index (χ3v) is 3.16. The number of hydrogen-bond donors (Lipinski definition) is 1. The first-order valence-electron chi connectivity index (χ1n) is 5.91. The summed E-state index contributed by atoms with van der Waals surface area (Å²) in [6, 6.07) is -0.630. The van der Waals surface area contributed by atoms with Gasteiger partial charge in [0.15, 0.2) is 0 Å². The molecule has 0 aromatic carbocycles. The number of nitrogens with zero attached hydrogens (tertiary/aromatic N) is 4. The van der Waals surface area contributed by atoms with Gasteiger partial charge in [-0.25, -0.2) is 4.98 Å². The van der Waals surface area contributed by atoms with Gasteiger partial charge in [0.25, 0.3) is 0 Å². The number of nitrogens with one attached hydrogen (secondary N) is 1. The Labute approximate surface area is 105 Å². The van der Waals surface area contributed by atoms with Crippen molar-refractivity contribution in [1.29, 1.82) is 0 Å². The standard InChI is InChI=1S/C11H17N5O2/c1-7-4-10(17)14-8(2)11(18)16(7)5-9-12-6-13-15(9)3/h6-8H,4-5H2,1-3H3,(H,14,17). The van der Waals surface area contributed by atoms with Crippen LogP contribution in [-0.4, -0.2) is 43.6 Å². The molecule has 2 amide bonds. The van der Waals surface area contributed by atoms with Crippen LogP contribution in [0.4, 0.5) is 0 Å². The molecule has 0 saturated carbocycles. The summed E-state index contributed by atoms with van der Waals surface area (Å²) in [5, 5.41) is 6.65. The molecule has 1 aromatic heterocycles. The van der Waals surface area contributed by atoms with Gasteiger partial charge in [-0.05, 0) is 13.8 Å². The van der Waals surface area contributed by atoms with Gasteiger partial charge < -0.3 is 10.2 Å². The largest absolute Gasteiger partial charge is 0.345 e. The highest BCUT2D eigenvalue weighted by Gasteiger charge is 2.31. The molecule has 2 heterocycles. The average Bonchev–Trinajstić information content (AvgIpc) is 2.66. The van der Waals surface area contributed by atoms with Crippen LogP contribution in [0.5, 0.6) is 0 Å². The second kappa shape index (κ2) is 4.75. The number of amides is 2. The molecule has 0 radical (unpaired) electrons. The van der Waals surface area contributed by atoms with Crippen molar-refractivity contribution in [2.75, 3.05) is 0 Å². The van der Waals surface area contributed by atoms with E-state index in [0.29, 0.717) is 18.8 Å². The van der Waals surface area contributed by atoms with Gasteiger partial charge in [-0.2, -0.15) is 5.10 Å². The first-order valence-corrected chi connectivity index (χ1v) is 5.91. The first kappa shape index (κ1) is 12.5. The molecular weight excluding hydrogens is 234 g/mol. The quantitative estimate of drug-likeness (QED) is 0.764. The van der Waals surface area contributed by atoms with Gasteiger partial charge in [-0.3, -0.25) is 14.3 Å². The third kappa shape index (κ3) is 2.34. The van der Waals surface area contributed by atoms with Crippen molar-refractivity contribution in [3.63, 3.8) is 0 Å². The van der Waals surface area contributed by atoms with Gasteiger partial charge in [-0.1, -0.05) is 0 Å². The lowest BCUT2D eigenvalue weighted by Crippen LogP contribution is -2.44. The van der Waals surface area contributed by atoms with Crippen LogP contribution in [0.2, 0.25) is 0 Å². The molecule has 1 aromatic rings. The van der Waals surface area contributed by atoms with E-state index in [0.717, 1.165) is 0 Å². The average molecular weight is 251 g/mol. The highest BCUT2D eigenvalue weighted by Crippen LogP contribution is 2.14. The van der Waals surface area contributed by atoms with E-state index >= 15 is 0 Å². The highest BCUT2D eigenvalue weighted by atomic mass is 16.2. The predicted molar refractivity (Wildman–Crippen MR) is 63.2 cm³/mol. The van der Waals surface area contributed by atoms with E-state index in [1.807, 2.05) is 6.92 Å². The lowest BCUT2D eigenvalue weighted by atomic mass is 10.2. The molecule has 2 atom stereocenters. The fourth-order valence-electron chi connectivity index (χ4n) is 2.06. The summed E-state index contributed by atoms with van der Waals surface area (Å²) in [7, 11) is 1.78. The Morgan fingerprint density at radius 1 is 1.44 bits per heavy atom. The van der Waals surface area contributed by atoms with Crippen molar-refractivity contribution < 1.29 is 9.59 Å². The van der Waals surface area contributed by atoms with Crippen LogP contribution < -0.4 is 5.32 Å². The summed E-state index contributed by atoms with van der Waals surface area (Å²) >= 11 is 0. The van der Waals surface area contributed by atoms with Crippen molar-refractivity contribution in [3.05, 3.63) is 12.2 Å². The predicted octanol–water partition coefficient (Wildman–Crippen LogP) is -0.559. The summed E-state index contributed by atoms with van der Waals surface area (Å²) in [5.41, 5.74) is 0. The summed E-state index contributed by atoms with van der Waals surface area (Å²) < 4.78 is 1.63. The van der Waals surface area contributed by atoms with Crippen LogP contribution in [0.3, 0.4) is 0 Å².